The SMILES string of the molecule is CO[Si](O)(O)OCCOCCOC(=O)C(C)(C)CC(C#N)CCC#N. The quantitative estimate of drug-likeness (QED) is 0.267. The maximum Gasteiger partial charge on any atom is 0.673 e. The molecule has 0 saturated carbocycles. The molecular weight excluding hydrogens is 348 g/mol. The van der Waals surface area contributed by atoms with E-state index < -0.39 is 20.4 Å². The first-order chi connectivity index (χ1) is 11.7. The predicted octanol–water partition coefficient (Wildman–Crippen LogP) is 0.489. The van der Waals surface area contributed by atoms with E-state index >= 15 is 0 Å². The van der Waals surface area contributed by atoms with Crippen molar-refractivity contribution in [3.63, 3.8) is 0 Å². The van der Waals surface area contributed by atoms with Crippen molar-refractivity contribution in [2.75, 3.05) is 33.5 Å². The molecule has 0 aromatic carbocycles. The van der Waals surface area contributed by atoms with Crippen LogP contribution in [0.4, 0.5) is 0 Å². The van der Waals surface area contributed by atoms with E-state index in [0.717, 1.165) is 7.11 Å². The number of nitrogens with zero attached hydrogens (tertiary/aromatic N) is 2. The maximum atomic E-state index is 12.1. The number of hydrogen-bond donors (Lipinski definition) is 2. The van der Waals surface area contributed by atoms with E-state index in [0.29, 0.717) is 12.8 Å². The van der Waals surface area contributed by atoms with E-state index in [-0.39, 0.29) is 38.8 Å². The average Bonchev–Trinajstić information content (AvgIpc) is 2.57. The minimum Gasteiger partial charge on any atom is -0.463 e. The van der Waals surface area contributed by atoms with Crippen LogP contribution < -0.4 is 0 Å². The Bertz CT molecular complexity index is 485. The van der Waals surface area contributed by atoms with Gasteiger partial charge in [-0.05, 0) is 26.7 Å². The Morgan fingerprint density at radius 3 is 2.40 bits per heavy atom. The number of esters is 1. The molecule has 1 atom stereocenters. The molecule has 0 saturated heterocycles. The molecule has 1 unspecified atom stereocenters. The summed E-state index contributed by atoms with van der Waals surface area (Å²) in [5.41, 5.74) is -0.837. The second kappa shape index (κ2) is 11.9. The lowest BCUT2D eigenvalue weighted by atomic mass is 9.81. The van der Waals surface area contributed by atoms with Gasteiger partial charge in [0.1, 0.15) is 6.61 Å². The van der Waals surface area contributed by atoms with Gasteiger partial charge >= 0.3 is 15.0 Å². The molecule has 0 aliphatic heterocycles. The molecule has 0 heterocycles. The lowest BCUT2D eigenvalue weighted by Gasteiger charge is -2.24. The first kappa shape index (κ1) is 23.5. The summed E-state index contributed by atoms with van der Waals surface area (Å²) in [5, 5.41) is 17.7. The van der Waals surface area contributed by atoms with E-state index in [1.54, 1.807) is 13.8 Å². The van der Waals surface area contributed by atoms with Gasteiger partial charge in [0.05, 0.1) is 37.4 Å². The summed E-state index contributed by atoms with van der Waals surface area (Å²) in [5.74, 6) is -0.820. The Morgan fingerprint density at radius 1 is 1.20 bits per heavy atom. The molecule has 0 amide bonds. The molecule has 2 N–H and O–H groups in total. The highest BCUT2D eigenvalue weighted by atomic mass is 28.4. The molecule has 0 rings (SSSR count). The molecule has 10 heteroatoms. The van der Waals surface area contributed by atoms with Crippen molar-refractivity contribution < 1.29 is 32.7 Å². The fraction of sp³-hybridized carbons (Fsp3) is 0.800. The summed E-state index contributed by atoms with van der Waals surface area (Å²) in [6, 6.07) is 4.10. The number of carbonyl (C=O) groups excluding carboxylic acids is 1. The van der Waals surface area contributed by atoms with E-state index in [2.05, 4.69) is 10.5 Å². The van der Waals surface area contributed by atoms with Gasteiger partial charge in [-0.2, -0.15) is 10.5 Å². The summed E-state index contributed by atoms with van der Waals surface area (Å²) in [6.07, 6.45) is 1.01. The van der Waals surface area contributed by atoms with E-state index in [9.17, 15) is 4.79 Å². The van der Waals surface area contributed by atoms with Crippen molar-refractivity contribution in [3.05, 3.63) is 0 Å². The van der Waals surface area contributed by atoms with Gasteiger partial charge in [-0.3, -0.25) is 4.79 Å². The third kappa shape index (κ3) is 10.8. The van der Waals surface area contributed by atoms with Crippen molar-refractivity contribution >= 4 is 15.0 Å². The number of carbonyl (C=O) groups is 1. The highest BCUT2D eigenvalue weighted by Gasteiger charge is 2.34. The summed E-state index contributed by atoms with van der Waals surface area (Å²) < 4.78 is 19.3. The first-order valence-electron chi connectivity index (χ1n) is 7.84. The van der Waals surface area contributed by atoms with Crippen molar-refractivity contribution in [1.29, 1.82) is 10.5 Å². The van der Waals surface area contributed by atoms with Crippen LogP contribution >= 0.6 is 0 Å². The van der Waals surface area contributed by atoms with Crippen LogP contribution in [0, 0.1) is 34.0 Å². The first-order valence-corrected chi connectivity index (χ1v) is 9.55. The Labute approximate surface area is 149 Å². The largest absolute Gasteiger partial charge is 0.673 e. The third-order valence-electron chi connectivity index (χ3n) is 3.34. The minimum absolute atomic E-state index is 0.0305. The summed E-state index contributed by atoms with van der Waals surface area (Å²) in [4.78, 5) is 30.3. The number of ether oxygens (including phenoxy) is 2. The number of rotatable bonds is 13. The smallest absolute Gasteiger partial charge is 0.463 e. The average molecular weight is 374 g/mol. The van der Waals surface area contributed by atoms with Gasteiger partial charge in [-0.25, -0.2) is 0 Å². The second-order valence-electron chi connectivity index (χ2n) is 5.96. The van der Waals surface area contributed by atoms with Gasteiger partial charge in [0.25, 0.3) is 0 Å². The molecule has 9 nitrogen and oxygen atoms in total. The van der Waals surface area contributed by atoms with Gasteiger partial charge in [0, 0.05) is 19.4 Å². The van der Waals surface area contributed by atoms with Gasteiger partial charge < -0.3 is 27.9 Å². The van der Waals surface area contributed by atoms with Crippen LogP contribution in [0.2, 0.25) is 0 Å². The fourth-order valence-corrected chi connectivity index (χ4v) is 2.40. The van der Waals surface area contributed by atoms with Crippen LogP contribution in [-0.4, -0.2) is 58.1 Å². The lowest BCUT2D eigenvalue weighted by Crippen LogP contribution is -2.42. The Morgan fingerprint density at radius 2 is 1.84 bits per heavy atom. The Kier molecular flexibility index (Phi) is 11.2. The van der Waals surface area contributed by atoms with Crippen LogP contribution in [0.1, 0.15) is 33.1 Å². The van der Waals surface area contributed by atoms with Crippen molar-refractivity contribution in [1.82, 2.24) is 0 Å². The zero-order chi connectivity index (χ0) is 19.3. The molecule has 0 aliphatic rings. The maximum absolute atomic E-state index is 12.1. The summed E-state index contributed by atoms with van der Waals surface area (Å²) >= 11 is 0. The monoisotopic (exact) mass is 374 g/mol. The van der Waals surface area contributed by atoms with Gasteiger partial charge in [-0.1, -0.05) is 0 Å². The highest BCUT2D eigenvalue weighted by molar-refractivity contribution is 6.50. The minimum atomic E-state index is -4.03. The van der Waals surface area contributed by atoms with Crippen LogP contribution in [0.25, 0.3) is 0 Å². The molecule has 0 fully saturated rings. The molecule has 0 aromatic heterocycles. The van der Waals surface area contributed by atoms with Crippen LogP contribution in [0.5, 0.6) is 0 Å². The van der Waals surface area contributed by atoms with Gasteiger partial charge in [-0.15, -0.1) is 0 Å². The summed E-state index contributed by atoms with van der Waals surface area (Å²) in [6.45, 7) is 3.57. The van der Waals surface area contributed by atoms with E-state index in [1.165, 1.54) is 0 Å². The zero-order valence-electron chi connectivity index (χ0n) is 14.9. The highest BCUT2D eigenvalue weighted by Crippen LogP contribution is 2.29. The lowest BCUT2D eigenvalue weighted by molar-refractivity contribution is -0.156. The zero-order valence-corrected chi connectivity index (χ0v) is 15.9. The molecule has 0 spiro atoms. The van der Waals surface area contributed by atoms with Crippen LogP contribution in [0.3, 0.4) is 0 Å². The standard InChI is InChI=1S/C15H26N2O7Si/c1-15(2,11-13(12-17)5-4-6-16)14(18)23-9-7-22-8-10-24-25(19,20)21-3/h13,19-20H,4-5,7-11H2,1-3H3. The van der Waals surface area contributed by atoms with Gasteiger partial charge in [0.15, 0.2) is 0 Å². The molecular formula is C15H26N2O7Si. The van der Waals surface area contributed by atoms with Crippen molar-refractivity contribution in [2.45, 2.75) is 33.1 Å². The normalized spacial score (nSPS) is 12.9. The Hall–Kier alpha value is -1.53. The molecule has 25 heavy (non-hydrogen) atoms. The van der Waals surface area contributed by atoms with Crippen molar-refractivity contribution in [3.8, 4) is 12.1 Å². The molecule has 142 valence electrons. The molecule has 0 aromatic rings. The molecule has 0 bridgehead atoms. The summed E-state index contributed by atoms with van der Waals surface area (Å²) in [7, 11) is -2.90. The predicted molar refractivity (Wildman–Crippen MR) is 87.3 cm³/mol. The van der Waals surface area contributed by atoms with E-state index in [1.807, 2.05) is 6.07 Å². The van der Waals surface area contributed by atoms with Crippen molar-refractivity contribution in [2.24, 2.45) is 11.3 Å². The number of hydrogen-bond acceptors (Lipinski definition) is 9. The van der Waals surface area contributed by atoms with Crippen LogP contribution in [-0.2, 0) is 23.1 Å². The third-order valence-corrected chi connectivity index (χ3v) is 4.45. The second-order valence-corrected chi connectivity index (χ2v) is 7.75. The fourth-order valence-electron chi connectivity index (χ4n) is 1.93. The van der Waals surface area contributed by atoms with E-state index in [4.69, 9.17) is 34.0 Å². The van der Waals surface area contributed by atoms with Crippen LogP contribution in [0.15, 0.2) is 0 Å². The molecule has 0 aliphatic carbocycles. The van der Waals surface area contributed by atoms with Gasteiger partial charge in [0.2, 0.25) is 0 Å². The topological polar surface area (TPSA) is 142 Å². The number of nitriles is 2. The Balaban J connectivity index is 4.00. The molecule has 0 radical (unpaired) electrons.